The first-order chi connectivity index (χ1) is 8.86. The zero-order valence-electron chi connectivity index (χ0n) is 9.38. The average molecular weight is 315 g/mol. The van der Waals surface area contributed by atoms with Crippen molar-refractivity contribution < 1.29 is 25.0 Å². The number of ether oxygens (including phenoxy) is 1. The van der Waals surface area contributed by atoms with E-state index in [1.807, 2.05) is 5.32 Å². The van der Waals surface area contributed by atoms with Crippen molar-refractivity contribution in [2.75, 3.05) is 6.61 Å². The summed E-state index contributed by atoms with van der Waals surface area (Å²) in [6, 6.07) is 0. The number of amides is 1. The van der Waals surface area contributed by atoms with Crippen LogP contribution < -0.4 is 10.6 Å². The molecular weight excluding hydrogens is 303 g/mol. The molecule has 9 nitrogen and oxygen atoms in total. The molecule has 6 N–H and O–H groups in total. The smallest absolute Gasteiger partial charge is 0.268 e. The zero-order valence-corrected chi connectivity index (χ0v) is 10.9. The molecule has 11 heteroatoms. The fraction of sp³-hybridized carbons (Fsp3) is 0.625. The molecule has 1 aliphatic rings. The molecular formula is C8H12Cl2N4O5. The van der Waals surface area contributed by atoms with E-state index < -0.39 is 41.2 Å². The van der Waals surface area contributed by atoms with Crippen molar-refractivity contribution in [3.8, 4) is 0 Å². The van der Waals surface area contributed by atoms with E-state index in [4.69, 9.17) is 43.7 Å². The van der Waals surface area contributed by atoms with Gasteiger partial charge in [0.1, 0.15) is 12.2 Å². The number of rotatable bonds is 3. The Morgan fingerprint density at radius 2 is 2.21 bits per heavy atom. The number of alkyl halides is 2. The van der Waals surface area contributed by atoms with Crippen LogP contribution in [-0.4, -0.2) is 62.9 Å². The SMILES string of the molecule is N=CC(=O)N/C(=N\O)N[C@@H]1O[C@H](CO)[C@@H](O)C1(Cl)Cl. The number of halogens is 2. The quantitative estimate of drug-likeness (QED) is 0.121. The summed E-state index contributed by atoms with van der Waals surface area (Å²) in [5.41, 5.74) is 0. The number of aliphatic hydroxyl groups excluding tert-OH is 2. The third-order valence-electron chi connectivity index (χ3n) is 2.33. The molecule has 3 atom stereocenters. The summed E-state index contributed by atoms with van der Waals surface area (Å²) in [5.74, 6) is -1.35. The van der Waals surface area contributed by atoms with Crippen molar-refractivity contribution in [3.63, 3.8) is 0 Å². The Morgan fingerprint density at radius 1 is 1.58 bits per heavy atom. The van der Waals surface area contributed by atoms with Crippen molar-refractivity contribution in [3.05, 3.63) is 0 Å². The number of oxime groups is 1. The molecule has 1 fully saturated rings. The topological polar surface area (TPSA) is 147 Å². The summed E-state index contributed by atoms with van der Waals surface area (Å²) in [4.78, 5) is 10.9. The molecule has 1 heterocycles. The number of nitrogens with zero attached hydrogens (tertiary/aromatic N) is 1. The number of carbonyl (C=O) groups is 1. The van der Waals surface area contributed by atoms with Crippen molar-refractivity contribution in [2.24, 2.45) is 5.16 Å². The summed E-state index contributed by atoms with van der Waals surface area (Å²) in [7, 11) is 0. The summed E-state index contributed by atoms with van der Waals surface area (Å²) in [5, 5.41) is 41.0. The van der Waals surface area contributed by atoms with Gasteiger partial charge in [0.25, 0.3) is 5.91 Å². The lowest BCUT2D eigenvalue weighted by Crippen LogP contribution is -2.52. The van der Waals surface area contributed by atoms with Crippen LogP contribution in [0.3, 0.4) is 0 Å². The molecule has 1 rings (SSSR count). The van der Waals surface area contributed by atoms with Crippen LogP contribution >= 0.6 is 23.2 Å². The lowest BCUT2D eigenvalue weighted by atomic mass is 10.2. The van der Waals surface area contributed by atoms with Crippen LogP contribution in [0.5, 0.6) is 0 Å². The lowest BCUT2D eigenvalue weighted by molar-refractivity contribution is -0.113. The Hall–Kier alpha value is -1.13. The summed E-state index contributed by atoms with van der Waals surface area (Å²) in [6.45, 7) is -0.529. The molecule has 0 aliphatic carbocycles. The molecule has 1 aliphatic heterocycles. The number of carbonyl (C=O) groups excluding carboxylic acids is 1. The van der Waals surface area contributed by atoms with Crippen molar-refractivity contribution in [2.45, 2.75) is 22.8 Å². The maximum absolute atomic E-state index is 10.9. The minimum Gasteiger partial charge on any atom is -0.408 e. The molecule has 0 aromatic heterocycles. The van der Waals surface area contributed by atoms with E-state index in [2.05, 4.69) is 10.5 Å². The predicted molar refractivity (Wildman–Crippen MR) is 65.5 cm³/mol. The van der Waals surface area contributed by atoms with Crippen LogP contribution in [0.15, 0.2) is 5.16 Å². The Balaban J connectivity index is 2.75. The standard InChI is InChI=1S/C8H12Cl2N4O5/c9-8(10)5(17)3(2-15)19-6(8)13-7(14-18)12-4(16)1-11/h1,3,5-6,11,15,17-18H,2H2,(H2,12,13,14,16)/t3-,5-,6-/m1/s1. The van der Waals surface area contributed by atoms with Crippen LogP contribution in [0.2, 0.25) is 0 Å². The van der Waals surface area contributed by atoms with Crippen molar-refractivity contribution >= 4 is 41.3 Å². The second-order valence-corrected chi connectivity index (χ2v) is 5.03. The fourth-order valence-corrected chi connectivity index (χ4v) is 1.88. The summed E-state index contributed by atoms with van der Waals surface area (Å²) < 4.78 is 3.28. The largest absolute Gasteiger partial charge is 0.408 e. The van der Waals surface area contributed by atoms with E-state index in [9.17, 15) is 9.90 Å². The Kier molecular flexibility index (Phi) is 5.32. The average Bonchev–Trinajstić information content (AvgIpc) is 2.60. The van der Waals surface area contributed by atoms with Gasteiger partial charge in [0.2, 0.25) is 5.96 Å². The number of guanidine groups is 1. The van der Waals surface area contributed by atoms with Crippen molar-refractivity contribution in [1.82, 2.24) is 10.6 Å². The van der Waals surface area contributed by atoms with Gasteiger partial charge >= 0.3 is 0 Å². The Morgan fingerprint density at radius 3 is 2.63 bits per heavy atom. The zero-order chi connectivity index (χ0) is 14.6. The first-order valence-corrected chi connectivity index (χ1v) is 5.74. The second kappa shape index (κ2) is 6.35. The molecule has 108 valence electrons. The van der Waals surface area contributed by atoms with E-state index in [-0.39, 0.29) is 0 Å². The highest BCUT2D eigenvalue weighted by Crippen LogP contribution is 2.39. The van der Waals surface area contributed by atoms with E-state index in [0.717, 1.165) is 0 Å². The Labute approximate surface area is 117 Å². The highest BCUT2D eigenvalue weighted by Gasteiger charge is 2.54. The molecule has 1 amide bonds. The van der Waals surface area contributed by atoms with Gasteiger partial charge in [-0.1, -0.05) is 28.4 Å². The molecule has 0 radical (unpaired) electrons. The first-order valence-electron chi connectivity index (χ1n) is 4.99. The third-order valence-corrected chi connectivity index (χ3v) is 3.17. The number of hydrogen-bond acceptors (Lipinski definition) is 7. The molecule has 19 heavy (non-hydrogen) atoms. The van der Waals surface area contributed by atoms with Crippen LogP contribution in [0.1, 0.15) is 0 Å². The highest BCUT2D eigenvalue weighted by molar-refractivity contribution is 6.49. The maximum Gasteiger partial charge on any atom is 0.268 e. The van der Waals surface area contributed by atoms with Gasteiger partial charge in [0, 0.05) is 0 Å². The fourth-order valence-electron chi connectivity index (χ4n) is 1.38. The minimum absolute atomic E-state index is 0.447. The van der Waals surface area contributed by atoms with Crippen LogP contribution in [0.25, 0.3) is 0 Å². The van der Waals surface area contributed by atoms with Gasteiger partial charge in [-0.05, 0) is 0 Å². The molecule has 0 aromatic carbocycles. The van der Waals surface area contributed by atoms with Gasteiger partial charge < -0.3 is 30.9 Å². The summed E-state index contributed by atoms with van der Waals surface area (Å²) >= 11 is 11.7. The van der Waals surface area contributed by atoms with Gasteiger partial charge in [-0.2, -0.15) is 0 Å². The van der Waals surface area contributed by atoms with E-state index >= 15 is 0 Å². The number of nitrogens with one attached hydrogen (secondary N) is 3. The second-order valence-electron chi connectivity index (χ2n) is 3.58. The monoisotopic (exact) mass is 314 g/mol. The molecule has 0 aromatic rings. The maximum atomic E-state index is 10.9. The van der Waals surface area contributed by atoms with Crippen molar-refractivity contribution in [1.29, 1.82) is 5.41 Å². The van der Waals surface area contributed by atoms with Gasteiger partial charge in [0.15, 0.2) is 10.6 Å². The number of aliphatic hydroxyl groups is 2. The van der Waals surface area contributed by atoms with Gasteiger partial charge in [0.05, 0.1) is 12.8 Å². The normalized spacial score (nSPS) is 29.9. The third kappa shape index (κ3) is 3.45. The van der Waals surface area contributed by atoms with E-state index in [0.29, 0.717) is 6.21 Å². The molecule has 0 bridgehead atoms. The predicted octanol–water partition coefficient (Wildman–Crippen LogP) is -1.66. The van der Waals surface area contributed by atoms with Gasteiger partial charge in [-0.25, -0.2) is 0 Å². The minimum atomic E-state index is -1.83. The van der Waals surface area contributed by atoms with Crippen LogP contribution in [0, 0.1) is 5.41 Å². The van der Waals surface area contributed by atoms with Crippen LogP contribution in [-0.2, 0) is 9.53 Å². The first kappa shape index (κ1) is 15.9. The lowest BCUT2D eigenvalue weighted by Gasteiger charge is -2.24. The number of hydrogen-bond donors (Lipinski definition) is 6. The van der Waals surface area contributed by atoms with Crippen LogP contribution in [0.4, 0.5) is 0 Å². The summed E-state index contributed by atoms with van der Waals surface area (Å²) in [6.07, 6.45) is -3.23. The Bertz CT molecular complexity index is 391. The van der Waals surface area contributed by atoms with E-state index in [1.165, 1.54) is 0 Å². The molecule has 0 spiro atoms. The van der Waals surface area contributed by atoms with Gasteiger partial charge in [-0.3, -0.25) is 10.1 Å². The van der Waals surface area contributed by atoms with E-state index in [1.54, 1.807) is 0 Å². The molecule has 0 saturated carbocycles. The highest BCUT2D eigenvalue weighted by atomic mass is 35.5. The molecule has 1 saturated heterocycles. The van der Waals surface area contributed by atoms with Gasteiger partial charge in [-0.15, -0.1) is 0 Å². The molecule has 0 unspecified atom stereocenters.